The summed E-state index contributed by atoms with van der Waals surface area (Å²) in [7, 11) is 0. The molecule has 0 fully saturated rings. The fraction of sp³-hybridized carbons (Fsp3) is 0.154. The van der Waals surface area contributed by atoms with Gasteiger partial charge in [0.2, 0.25) is 5.95 Å². The maximum Gasteiger partial charge on any atom is 0.326 e. The number of carbonyl (C=O) groups is 1. The Bertz CT molecular complexity index is 578. The molecule has 0 radical (unpaired) electrons. The summed E-state index contributed by atoms with van der Waals surface area (Å²) in [4.78, 5) is 19.9. The predicted molar refractivity (Wildman–Crippen MR) is 70.5 cm³/mol. The van der Waals surface area contributed by atoms with E-state index in [0.717, 1.165) is 11.4 Å². The molecule has 0 aliphatic carbocycles. The van der Waals surface area contributed by atoms with E-state index in [2.05, 4.69) is 20.6 Å². The summed E-state index contributed by atoms with van der Waals surface area (Å²) in [6.45, 7) is 3.63. The van der Waals surface area contributed by atoms with Crippen molar-refractivity contribution in [1.82, 2.24) is 9.97 Å². The van der Waals surface area contributed by atoms with Crippen molar-refractivity contribution in [3.8, 4) is 0 Å². The van der Waals surface area contributed by atoms with E-state index in [0.29, 0.717) is 5.69 Å². The smallest absolute Gasteiger partial charge is 0.308 e. The van der Waals surface area contributed by atoms with Gasteiger partial charge in [-0.1, -0.05) is 0 Å². The van der Waals surface area contributed by atoms with Gasteiger partial charge >= 0.3 is 6.03 Å². The predicted octanol–water partition coefficient (Wildman–Crippen LogP) is 2.88. The van der Waals surface area contributed by atoms with Crippen LogP contribution in [0.4, 0.5) is 20.8 Å². The average Bonchev–Trinajstić information content (AvgIpc) is 2.30. The first-order valence-corrected chi connectivity index (χ1v) is 5.69. The lowest BCUT2D eigenvalue weighted by Crippen LogP contribution is -2.21. The molecule has 2 amide bonds. The zero-order valence-electron chi connectivity index (χ0n) is 10.6. The van der Waals surface area contributed by atoms with Crippen LogP contribution in [-0.2, 0) is 0 Å². The number of carbonyl (C=O) groups excluding carboxylic acids is 1. The van der Waals surface area contributed by atoms with Gasteiger partial charge in [0, 0.05) is 17.1 Å². The molecule has 6 heteroatoms. The normalized spacial score (nSPS) is 10.1. The minimum Gasteiger partial charge on any atom is -0.308 e. The van der Waals surface area contributed by atoms with Crippen molar-refractivity contribution in [2.45, 2.75) is 13.8 Å². The third-order valence-electron chi connectivity index (χ3n) is 2.31. The SMILES string of the molecule is Cc1cc(C)nc(NC(=O)Nc2ccc(F)cc2)n1. The molecule has 1 aromatic carbocycles. The van der Waals surface area contributed by atoms with E-state index in [1.807, 2.05) is 19.9 Å². The summed E-state index contributed by atoms with van der Waals surface area (Å²) >= 11 is 0. The van der Waals surface area contributed by atoms with Gasteiger partial charge in [-0.25, -0.2) is 19.2 Å². The Balaban J connectivity index is 2.03. The van der Waals surface area contributed by atoms with Crippen LogP contribution in [0.5, 0.6) is 0 Å². The van der Waals surface area contributed by atoms with Gasteiger partial charge in [0.05, 0.1) is 0 Å². The van der Waals surface area contributed by atoms with E-state index in [1.54, 1.807) is 0 Å². The van der Waals surface area contributed by atoms with E-state index in [1.165, 1.54) is 24.3 Å². The number of hydrogen-bond donors (Lipinski definition) is 2. The minimum atomic E-state index is -0.475. The molecule has 1 aromatic heterocycles. The lowest BCUT2D eigenvalue weighted by atomic mass is 10.3. The van der Waals surface area contributed by atoms with Crippen molar-refractivity contribution in [3.63, 3.8) is 0 Å². The number of urea groups is 1. The van der Waals surface area contributed by atoms with Gasteiger partial charge in [-0.05, 0) is 44.2 Å². The highest BCUT2D eigenvalue weighted by Gasteiger charge is 2.05. The Labute approximate surface area is 109 Å². The highest BCUT2D eigenvalue weighted by atomic mass is 19.1. The first kappa shape index (κ1) is 12.9. The average molecular weight is 260 g/mol. The summed E-state index contributed by atoms with van der Waals surface area (Å²) in [6.07, 6.45) is 0. The van der Waals surface area contributed by atoms with Crippen molar-refractivity contribution >= 4 is 17.7 Å². The Hall–Kier alpha value is -2.50. The molecule has 0 aliphatic rings. The van der Waals surface area contributed by atoms with Crippen molar-refractivity contribution < 1.29 is 9.18 Å². The summed E-state index contributed by atoms with van der Waals surface area (Å²) in [6, 6.07) is 6.81. The van der Waals surface area contributed by atoms with Crippen molar-refractivity contribution in [2.24, 2.45) is 0 Å². The molecule has 19 heavy (non-hydrogen) atoms. The van der Waals surface area contributed by atoms with Crippen molar-refractivity contribution in [2.75, 3.05) is 10.6 Å². The van der Waals surface area contributed by atoms with Gasteiger partial charge in [-0.15, -0.1) is 0 Å². The quantitative estimate of drug-likeness (QED) is 0.872. The molecule has 5 nitrogen and oxygen atoms in total. The maximum absolute atomic E-state index is 12.7. The lowest BCUT2D eigenvalue weighted by molar-refractivity contribution is 0.262. The van der Waals surface area contributed by atoms with E-state index >= 15 is 0 Å². The molecular weight excluding hydrogens is 247 g/mol. The van der Waals surface area contributed by atoms with Crippen LogP contribution in [0.25, 0.3) is 0 Å². The highest BCUT2D eigenvalue weighted by molar-refractivity contribution is 5.98. The van der Waals surface area contributed by atoms with Crippen LogP contribution in [0.1, 0.15) is 11.4 Å². The number of aromatic nitrogens is 2. The van der Waals surface area contributed by atoms with Gasteiger partial charge < -0.3 is 5.32 Å². The number of nitrogens with one attached hydrogen (secondary N) is 2. The number of aryl methyl sites for hydroxylation is 2. The number of halogens is 1. The van der Waals surface area contributed by atoms with Crippen LogP contribution in [0.3, 0.4) is 0 Å². The molecule has 0 aliphatic heterocycles. The molecule has 0 atom stereocenters. The molecule has 2 rings (SSSR count). The van der Waals surface area contributed by atoms with Gasteiger partial charge in [0.15, 0.2) is 0 Å². The molecule has 0 bridgehead atoms. The van der Waals surface area contributed by atoms with Gasteiger partial charge in [-0.3, -0.25) is 5.32 Å². The topological polar surface area (TPSA) is 66.9 Å². The van der Waals surface area contributed by atoms with Crippen molar-refractivity contribution in [1.29, 1.82) is 0 Å². The number of benzene rings is 1. The lowest BCUT2D eigenvalue weighted by Gasteiger charge is -2.07. The monoisotopic (exact) mass is 260 g/mol. The first-order chi connectivity index (χ1) is 9.02. The second kappa shape index (κ2) is 5.43. The second-order valence-corrected chi connectivity index (χ2v) is 4.06. The summed E-state index contributed by atoms with van der Waals surface area (Å²) in [5, 5.41) is 5.08. The minimum absolute atomic E-state index is 0.233. The molecule has 0 spiro atoms. The highest BCUT2D eigenvalue weighted by Crippen LogP contribution is 2.09. The van der Waals surface area contributed by atoms with E-state index in [4.69, 9.17) is 0 Å². The molecule has 98 valence electrons. The Morgan fingerprint density at radius 1 is 1.05 bits per heavy atom. The van der Waals surface area contributed by atoms with Crippen LogP contribution in [0.2, 0.25) is 0 Å². The Morgan fingerprint density at radius 2 is 1.63 bits per heavy atom. The molecule has 2 aromatic rings. The number of hydrogen-bond acceptors (Lipinski definition) is 3. The summed E-state index contributed by atoms with van der Waals surface area (Å²) < 4.78 is 12.7. The number of rotatable bonds is 2. The maximum atomic E-state index is 12.7. The number of nitrogens with zero attached hydrogens (tertiary/aromatic N) is 2. The van der Waals surface area contributed by atoms with Gasteiger partial charge in [0.25, 0.3) is 0 Å². The Morgan fingerprint density at radius 3 is 2.21 bits per heavy atom. The third kappa shape index (κ3) is 3.74. The van der Waals surface area contributed by atoms with Crippen LogP contribution >= 0.6 is 0 Å². The van der Waals surface area contributed by atoms with E-state index in [9.17, 15) is 9.18 Å². The molecule has 1 heterocycles. The van der Waals surface area contributed by atoms with E-state index in [-0.39, 0.29) is 11.8 Å². The van der Waals surface area contributed by atoms with Crippen LogP contribution in [-0.4, -0.2) is 16.0 Å². The second-order valence-electron chi connectivity index (χ2n) is 4.06. The molecular formula is C13H13FN4O. The first-order valence-electron chi connectivity index (χ1n) is 5.69. The fourth-order valence-electron chi connectivity index (χ4n) is 1.58. The zero-order chi connectivity index (χ0) is 13.8. The van der Waals surface area contributed by atoms with Crippen molar-refractivity contribution in [3.05, 3.63) is 47.5 Å². The molecule has 2 N–H and O–H groups in total. The standard InChI is InChI=1S/C13H13FN4O/c1-8-7-9(2)16-12(15-8)18-13(19)17-11-5-3-10(14)4-6-11/h3-7H,1-2H3,(H2,15,16,17,18,19). The number of amides is 2. The van der Waals surface area contributed by atoms with Crippen LogP contribution in [0, 0.1) is 19.7 Å². The molecule has 0 unspecified atom stereocenters. The molecule has 0 saturated heterocycles. The van der Waals surface area contributed by atoms with Gasteiger partial charge in [-0.2, -0.15) is 0 Å². The number of anilines is 2. The largest absolute Gasteiger partial charge is 0.326 e. The summed E-state index contributed by atoms with van der Waals surface area (Å²) in [5.41, 5.74) is 2.03. The molecule has 0 saturated carbocycles. The van der Waals surface area contributed by atoms with E-state index < -0.39 is 6.03 Å². The fourth-order valence-corrected chi connectivity index (χ4v) is 1.58. The third-order valence-corrected chi connectivity index (χ3v) is 2.31. The summed E-state index contributed by atoms with van der Waals surface area (Å²) in [5.74, 6) is -0.124. The zero-order valence-corrected chi connectivity index (χ0v) is 10.6. The van der Waals surface area contributed by atoms with Crippen LogP contribution < -0.4 is 10.6 Å². The van der Waals surface area contributed by atoms with Crippen LogP contribution in [0.15, 0.2) is 30.3 Å². The Kier molecular flexibility index (Phi) is 3.70. The van der Waals surface area contributed by atoms with Gasteiger partial charge in [0.1, 0.15) is 5.82 Å².